The van der Waals surface area contributed by atoms with Gasteiger partial charge >= 0.3 is 5.97 Å². The highest BCUT2D eigenvalue weighted by Crippen LogP contribution is 2.15. The first kappa shape index (κ1) is 15.7. The predicted molar refractivity (Wildman–Crippen MR) is 69.2 cm³/mol. The highest BCUT2D eigenvalue weighted by Gasteiger charge is 2.20. The molecule has 0 unspecified atom stereocenters. The molecule has 0 aromatic heterocycles. The van der Waals surface area contributed by atoms with Crippen molar-refractivity contribution < 1.29 is 24.4 Å². The zero-order chi connectivity index (χ0) is 14.1. The van der Waals surface area contributed by atoms with E-state index in [1.165, 1.54) is 58.0 Å². The number of rotatable bonds is 3. The van der Waals surface area contributed by atoms with Crippen LogP contribution < -0.4 is 5.11 Å². The van der Waals surface area contributed by atoms with Gasteiger partial charge in [-0.1, -0.05) is 0 Å². The standard InChI is InChI=1S/C10H18N.C4H6O4/c1-2-6-10-7-3-5-9-11(10)8-4-1;5-3(6)1-2-4(7)8/h1-9H2;1-2H2,(H,5,6)(H,7,8)/q+1;/p-1. The first-order valence-electron chi connectivity index (χ1n) is 7.11. The fraction of sp³-hybridized carbons (Fsp3) is 0.786. The zero-order valence-corrected chi connectivity index (χ0v) is 11.4. The third-order valence-corrected chi connectivity index (χ3v) is 3.53. The molecule has 19 heavy (non-hydrogen) atoms. The summed E-state index contributed by atoms with van der Waals surface area (Å²) in [4.78, 5) is 19.1. The van der Waals surface area contributed by atoms with Crippen LogP contribution in [0.15, 0.2) is 0 Å². The van der Waals surface area contributed by atoms with Gasteiger partial charge in [-0.2, -0.15) is 0 Å². The smallest absolute Gasteiger partial charge is 0.303 e. The van der Waals surface area contributed by atoms with E-state index in [0.29, 0.717) is 0 Å². The van der Waals surface area contributed by atoms with Gasteiger partial charge in [-0.15, -0.1) is 0 Å². The molecule has 0 spiro atoms. The van der Waals surface area contributed by atoms with Crippen LogP contribution in [0.3, 0.4) is 0 Å². The molecule has 108 valence electrons. The lowest BCUT2D eigenvalue weighted by Crippen LogP contribution is -2.26. The molecule has 1 N–H and O–H groups in total. The van der Waals surface area contributed by atoms with Crippen LogP contribution in [0.25, 0.3) is 0 Å². The monoisotopic (exact) mass is 269 g/mol. The molecule has 5 heteroatoms. The van der Waals surface area contributed by atoms with E-state index in [1.54, 1.807) is 5.71 Å². The minimum atomic E-state index is -1.33. The van der Waals surface area contributed by atoms with Crippen molar-refractivity contribution in [3.63, 3.8) is 0 Å². The number of hydrogen-bond donors (Lipinski definition) is 1. The van der Waals surface area contributed by atoms with Gasteiger partial charge in [-0.25, -0.2) is 4.58 Å². The van der Waals surface area contributed by atoms with Crippen molar-refractivity contribution in [2.45, 2.75) is 57.8 Å². The quantitative estimate of drug-likeness (QED) is 0.768. The summed E-state index contributed by atoms with van der Waals surface area (Å²) >= 11 is 0. The Morgan fingerprint density at radius 3 is 2.11 bits per heavy atom. The number of carboxylic acid groups (broad SMARTS) is 2. The lowest BCUT2D eigenvalue weighted by Gasteiger charge is -2.12. The van der Waals surface area contributed by atoms with Gasteiger partial charge in [0.25, 0.3) is 0 Å². The fourth-order valence-electron chi connectivity index (χ4n) is 2.52. The van der Waals surface area contributed by atoms with E-state index in [0.717, 1.165) is 0 Å². The Morgan fingerprint density at radius 1 is 1.00 bits per heavy atom. The fourth-order valence-corrected chi connectivity index (χ4v) is 2.52. The van der Waals surface area contributed by atoms with E-state index in [2.05, 4.69) is 4.58 Å². The number of nitrogens with zero attached hydrogens (tertiary/aromatic N) is 1. The summed E-state index contributed by atoms with van der Waals surface area (Å²) in [6.07, 6.45) is 9.27. The number of hydrogen-bond acceptors (Lipinski definition) is 3. The summed E-state index contributed by atoms with van der Waals surface area (Å²) in [5.74, 6) is -2.44. The number of carbonyl (C=O) groups is 2. The maximum absolute atomic E-state index is 9.61. The SMILES string of the molecule is C1CCC2=[N+](CC1)CCCC2.O=C([O-])CCC(=O)O. The van der Waals surface area contributed by atoms with E-state index in [1.807, 2.05) is 0 Å². The summed E-state index contributed by atoms with van der Waals surface area (Å²) in [6, 6.07) is 0. The van der Waals surface area contributed by atoms with Crippen LogP contribution in [0, 0.1) is 0 Å². The number of carbonyl (C=O) groups excluding carboxylic acids is 1. The molecule has 2 aliphatic heterocycles. The Bertz CT molecular complexity index is 317. The van der Waals surface area contributed by atoms with Crippen molar-refractivity contribution in [1.29, 1.82) is 0 Å². The van der Waals surface area contributed by atoms with Crippen molar-refractivity contribution in [2.24, 2.45) is 0 Å². The van der Waals surface area contributed by atoms with Crippen molar-refractivity contribution >= 4 is 17.7 Å². The molecule has 0 bridgehead atoms. The summed E-state index contributed by atoms with van der Waals surface area (Å²) in [6.45, 7) is 2.71. The summed E-state index contributed by atoms with van der Waals surface area (Å²) < 4.78 is 2.65. The van der Waals surface area contributed by atoms with Gasteiger partial charge in [-0.05, 0) is 25.7 Å². The highest BCUT2D eigenvalue weighted by atomic mass is 16.4. The second-order valence-corrected chi connectivity index (χ2v) is 5.09. The van der Waals surface area contributed by atoms with Crippen LogP contribution in [0.4, 0.5) is 0 Å². The molecule has 5 nitrogen and oxygen atoms in total. The third-order valence-electron chi connectivity index (χ3n) is 3.53. The van der Waals surface area contributed by atoms with Crippen molar-refractivity contribution in [1.82, 2.24) is 0 Å². The van der Waals surface area contributed by atoms with Gasteiger partial charge in [0.2, 0.25) is 0 Å². The highest BCUT2D eigenvalue weighted by molar-refractivity contribution is 5.80. The van der Waals surface area contributed by atoms with Crippen LogP contribution in [-0.4, -0.2) is 40.4 Å². The van der Waals surface area contributed by atoms with Gasteiger partial charge in [0, 0.05) is 31.7 Å². The Labute approximate surface area is 113 Å². The Kier molecular flexibility index (Phi) is 7.15. The van der Waals surface area contributed by atoms with E-state index < -0.39 is 18.4 Å². The molecule has 0 aromatic carbocycles. The summed E-state index contributed by atoms with van der Waals surface area (Å²) in [5.41, 5.74) is 1.77. The molecule has 2 rings (SSSR count). The minimum Gasteiger partial charge on any atom is -0.550 e. The van der Waals surface area contributed by atoms with Crippen LogP contribution in [-0.2, 0) is 9.59 Å². The van der Waals surface area contributed by atoms with Gasteiger partial charge < -0.3 is 15.0 Å². The first-order valence-corrected chi connectivity index (χ1v) is 7.11. The molecular formula is C14H23NO4. The van der Waals surface area contributed by atoms with Crippen molar-refractivity contribution in [3.8, 4) is 0 Å². The van der Waals surface area contributed by atoms with Crippen molar-refractivity contribution in [2.75, 3.05) is 13.1 Å². The lowest BCUT2D eigenvalue weighted by atomic mass is 10.0. The largest absolute Gasteiger partial charge is 0.550 e. The molecule has 2 aliphatic rings. The molecule has 0 saturated heterocycles. The molecule has 0 aliphatic carbocycles. The molecule has 2 heterocycles. The van der Waals surface area contributed by atoms with E-state index in [9.17, 15) is 14.7 Å². The van der Waals surface area contributed by atoms with E-state index in [4.69, 9.17) is 5.11 Å². The Morgan fingerprint density at radius 2 is 1.58 bits per heavy atom. The normalized spacial score (nSPS) is 18.7. The molecule has 0 fully saturated rings. The Hall–Kier alpha value is -1.39. The van der Waals surface area contributed by atoms with Gasteiger partial charge in [0.1, 0.15) is 13.1 Å². The number of aliphatic carboxylic acids is 2. The number of carboxylic acids is 2. The van der Waals surface area contributed by atoms with Gasteiger partial charge in [-0.3, -0.25) is 4.79 Å². The van der Waals surface area contributed by atoms with Gasteiger partial charge in [0.15, 0.2) is 5.71 Å². The molecule has 0 amide bonds. The maximum Gasteiger partial charge on any atom is 0.303 e. The minimum absolute atomic E-state index is 0.359. The van der Waals surface area contributed by atoms with E-state index >= 15 is 0 Å². The molecule has 0 atom stereocenters. The third kappa shape index (κ3) is 6.94. The maximum atomic E-state index is 9.61. The average molecular weight is 269 g/mol. The summed E-state index contributed by atoms with van der Waals surface area (Å²) in [7, 11) is 0. The summed E-state index contributed by atoms with van der Waals surface area (Å²) in [5, 5.41) is 17.4. The molecule has 0 saturated carbocycles. The second kappa shape index (κ2) is 8.67. The lowest BCUT2D eigenvalue weighted by molar-refractivity contribution is -0.533. The average Bonchev–Trinajstić information content (AvgIpc) is 2.62. The predicted octanol–water partition coefficient (Wildman–Crippen LogP) is 0.799. The first-order chi connectivity index (χ1) is 9.09. The zero-order valence-electron chi connectivity index (χ0n) is 11.4. The molecule has 0 aromatic rings. The van der Waals surface area contributed by atoms with Crippen LogP contribution >= 0.6 is 0 Å². The Balaban J connectivity index is 0.000000203. The molecule has 0 radical (unpaired) electrons. The van der Waals surface area contributed by atoms with Crippen LogP contribution in [0.5, 0.6) is 0 Å². The van der Waals surface area contributed by atoms with Crippen LogP contribution in [0.1, 0.15) is 57.8 Å². The molecular weight excluding hydrogens is 246 g/mol. The second-order valence-electron chi connectivity index (χ2n) is 5.09. The van der Waals surface area contributed by atoms with Crippen LogP contribution in [0.2, 0.25) is 0 Å². The van der Waals surface area contributed by atoms with Crippen molar-refractivity contribution in [3.05, 3.63) is 0 Å². The van der Waals surface area contributed by atoms with E-state index in [-0.39, 0.29) is 6.42 Å². The topological polar surface area (TPSA) is 80.4 Å². The van der Waals surface area contributed by atoms with Gasteiger partial charge in [0.05, 0.1) is 6.42 Å².